The maximum Gasteiger partial charge on any atom is 0.317 e. The quantitative estimate of drug-likeness (QED) is 0.0217. The monoisotopic (exact) mass is 658 g/mol. The van der Waals surface area contributed by atoms with Gasteiger partial charge in [-0.3, -0.25) is 14.4 Å². The SMILES string of the molecule is CCC(O)C(O)CC(CC(C(=O)O)C(=O)O)C1CC1.N/C(=C\NCCOCCC(=O)Oc1c(F)c(F)c(F)c(F)c1F)CCO. The fraction of sp³-hybridized carbons (Fsp3) is 0.607. The molecule has 256 valence electrons. The van der Waals surface area contributed by atoms with Gasteiger partial charge in [-0.1, -0.05) is 6.92 Å². The number of aliphatic hydroxyl groups is 3. The number of esters is 1. The van der Waals surface area contributed by atoms with E-state index >= 15 is 0 Å². The van der Waals surface area contributed by atoms with E-state index in [1.165, 1.54) is 6.20 Å². The first-order valence-electron chi connectivity index (χ1n) is 14.1. The zero-order chi connectivity index (χ0) is 34.3. The Labute approximate surface area is 255 Å². The summed E-state index contributed by atoms with van der Waals surface area (Å²) in [6.45, 7) is 1.91. The number of carbonyl (C=O) groups is 3. The third-order valence-electron chi connectivity index (χ3n) is 6.74. The molecule has 0 aromatic heterocycles. The third kappa shape index (κ3) is 13.5. The average Bonchev–Trinajstić information content (AvgIpc) is 3.84. The van der Waals surface area contributed by atoms with Crippen molar-refractivity contribution >= 4 is 17.9 Å². The van der Waals surface area contributed by atoms with E-state index < -0.39 is 77.3 Å². The van der Waals surface area contributed by atoms with Crippen LogP contribution in [0.15, 0.2) is 11.9 Å². The average molecular weight is 659 g/mol. The van der Waals surface area contributed by atoms with Crippen LogP contribution in [0.5, 0.6) is 5.75 Å². The van der Waals surface area contributed by atoms with E-state index in [1.54, 1.807) is 6.92 Å². The number of aliphatic hydroxyl groups excluding tert-OH is 3. The first-order chi connectivity index (χ1) is 21.2. The third-order valence-corrected chi connectivity index (χ3v) is 6.74. The van der Waals surface area contributed by atoms with E-state index in [0.29, 0.717) is 25.1 Å². The van der Waals surface area contributed by atoms with Crippen molar-refractivity contribution in [1.82, 2.24) is 5.32 Å². The Balaban J connectivity index is 0.000000472. The first-order valence-corrected chi connectivity index (χ1v) is 14.1. The molecule has 0 amide bonds. The molecule has 0 spiro atoms. The highest BCUT2D eigenvalue weighted by molar-refractivity contribution is 5.92. The van der Waals surface area contributed by atoms with Crippen LogP contribution in [0.25, 0.3) is 0 Å². The van der Waals surface area contributed by atoms with E-state index in [0.717, 1.165) is 12.8 Å². The Kier molecular flexibility index (Phi) is 17.3. The number of benzene rings is 1. The van der Waals surface area contributed by atoms with Crippen LogP contribution in [-0.2, 0) is 19.1 Å². The van der Waals surface area contributed by atoms with Crippen LogP contribution in [0, 0.1) is 46.8 Å². The minimum atomic E-state index is -2.34. The minimum Gasteiger partial charge on any atom is -0.481 e. The van der Waals surface area contributed by atoms with Gasteiger partial charge in [-0.05, 0) is 43.9 Å². The lowest BCUT2D eigenvalue weighted by Crippen LogP contribution is -2.32. The molecule has 0 saturated heterocycles. The second-order valence-electron chi connectivity index (χ2n) is 10.2. The van der Waals surface area contributed by atoms with Crippen LogP contribution in [0.4, 0.5) is 22.0 Å². The number of rotatable bonds is 19. The number of carboxylic acid groups (broad SMARTS) is 2. The summed E-state index contributed by atoms with van der Waals surface area (Å²) in [5.41, 5.74) is 5.92. The number of hydrogen-bond acceptors (Lipinski definition) is 10. The summed E-state index contributed by atoms with van der Waals surface area (Å²) in [6.07, 6.45) is 2.11. The second kappa shape index (κ2) is 19.8. The second-order valence-corrected chi connectivity index (χ2v) is 10.2. The lowest BCUT2D eigenvalue weighted by Gasteiger charge is -2.24. The maximum atomic E-state index is 13.3. The predicted molar refractivity (Wildman–Crippen MR) is 146 cm³/mol. The zero-order valence-electron chi connectivity index (χ0n) is 24.5. The van der Waals surface area contributed by atoms with E-state index in [1.807, 2.05) is 0 Å². The van der Waals surface area contributed by atoms with Gasteiger partial charge in [-0.2, -0.15) is 8.78 Å². The molecule has 1 aliphatic rings. The number of carbonyl (C=O) groups excluding carboxylic acids is 1. The fourth-order valence-corrected chi connectivity index (χ4v) is 4.03. The maximum absolute atomic E-state index is 13.3. The van der Waals surface area contributed by atoms with Gasteiger partial charge in [0.1, 0.15) is 0 Å². The minimum absolute atomic E-state index is 0.0167. The van der Waals surface area contributed by atoms with E-state index in [-0.39, 0.29) is 44.5 Å². The summed E-state index contributed by atoms with van der Waals surface area (Å²) in [5, 5.41) is 48.5. The van der Waals surface area contributed by atoms with Gasteiger partial charge in [0.15, 0.2) is 5.92 Å². The van der Waals surface area contributed by atoms with Crippen molar-refractivity contribution < 1.29 is 71.3 Å². The molecule has 1 aromatic carbocycles. The van der Waals surface area contributed by atoms with Crippen LogP contribution in [0.2, 0.25) is 0 Å². The van der Waals surface area contributed by atoms with Gasteiger partial charge in [-0.25, -0.2) is 13.2 Å². The van der Waals surface area contributed by atoms with Crippen LogP contribution >= 0.6 is 0 Å². The van der Waals surface area contributed by atoms with Gasteiger partial charge in [0.05, 0.1) is 31.8 Å². The summed E-state index contributed by atoms with van der Waals surface area (Å²) in [5.74, 6) is -18.1. The number of nitrogens with one attached hydrogen (secondary N) is 1. The van der Waals surface area contributed by atoms with Crippen LogP contribution < -0.4 is 15.8 Å². The van der Waals surface area contributed by atoms with Crippen molar-refractivity contribution in [3.8, 4) is 5.75 Å². The zero-order valence-corrected chi connectivity index (χ0v) is 24.5. The summed E-state index contributed by atoms with van der Waals surface area (Å²) in [6, 6.07) is 0. The molecule has 1 aliphatic carbocycles. The fourth-order valence-electron chi connectivity index (χ4n) is 4.03. The normalized spacial score (nSPS) is 15.1. The largest absolute Gasteiger partial charge is 0.481 e. The Morgan fingerprint density at radius 2 is 1.47 bits per heavy atom. The van der Waals surface area contributed by atoms with Crippen molar-refractivity contribution in [1.29, 1.82) is 0 Å². The molecule has 0 bridgehead atoms. The number of aliphatic carboxylic acids is 2. The number of halogens is 5. The Bertz CT molecular complexity index is 1130. The highest BCUT2D eigenvalue weighted by Gasteiger charge is 2.38. The molecule has 17 heteroatoms. The topological polar surface area (TPSA) is 209 Å². The number of hydrogen-bond donors (Lipinski definition) is 7. The predicted octanol–water partition coefficient (Wildman–Crippen LogP) is 2.18. The van der Waals surface area contributed by atoms with Crippen LogP contribution in [0.3, 0.4) is 0 Å². The van der Waals surface area contributed by atoms with E-state index in [9.17, 15) is 46.5 Å². The highest BCUT2D eigenvalue weighted by Crippen LogP contribution is 2.42. The van der Waals surface area contributed by atoms with Crippen molar-refractivity contribution in [3.05, 3.63) is 41.0 Å². The van der Waals surface area contributed by atoms with Gasteiger partial charge in [0, 0.05) is 31.5 Å². The van der Waals surface area contributed by atoms with Crippen LogP contribution in [-0.4, -0.2) is 82.0 Å². The molecular weight excluding hydrogens is 619 g/mol. The van der Waals surface area contributed by atoms with Crippen molar-refractivity contribution in [3.63, 3.8) is 0 Å². The molecule has 2 rings (SSSR count). The van der Waals surface area contributed by atoms with Gasteiger partial charge in [0.2, 0.25) is 34.8 Å². The lowest BCUT2D eigenvalue weighted by molar-refractivity contribution is -0.155. The Morgan fingerprint density at radius 3 is 1.96 bits per heavy atom. The molecule has 1 fully saturated rings. The molecule has 1 aromatic rings. The summed E-state index contributed by atoms with van der Waals surface area (Å²) >= 11 is 0. The van der Waals surface area contributed by atoms with E-state index in [2.05, 4.69) is 10.1 Å². The summed E-state index contributed by atoms with van der Waals surface area (Å²) < 4.78 is 74.7. The molecule has 45 heavy (non-hydrogen) atoms. The van der Waals surface area contributed by atoms with Crippen molar-refractivity contribution in [2.45, 2.75) is 64.1 Å². The molecule has 12 nitrogen and oxygen atoms in total. The Morgan fingerprint density at radius 1 is 0.911 bits per heavy atom. The summed E-state index contributed by atoms with van der Waals surface area (Å²) in [7, 11) is 0. The molecule has 0 heterocycles. The molecule has 3 unspecified atom stereocenters. The molecular formula is C28H39F5N2O10. The molecule has 0 aliphatic heterocycles. The van der Waals surface area contributed by atoms with Gasteiger partial charge >= 0.3 is 17.9 Å². The highest BCUT2D eigenvalue weighted by atomic mass is 19.2. The van der Waals surface area contributed by atoms with Crippen molar-refractivity contribution in [2.24, 2.45) is 23.5 Å². The van der Waals surface area contributed by atoms with Gasteiger partial charge in [0.25, 0.3) is 0 Å². The van der Waals surface area contributed by atoms with Crippen LogP contribution in [0.1, 0.15) is 51.9 Å². The molecule has 8 N–H and O–H groups in total. The number of nitrogens with two attached hydrogens (primary N) is 1. The molecule has 3 atom stereocenters. The number of ether oxygens (including phenoxy) is 2. The summed E-state index contributed by atoms with van der Waals surface area (Å²) in [4.78, 5) is 33.2. The van der Waals surface area contributed by atoms with E-state index in [4.69, 9.17) is 25.8 Å². The molecule has 0 radical (unpaired) electrons. The standard InChI is InChI=1S/C15H17F5N2O4.C13H22O6/c16-10-11(17)13(19)15(14(20)12(10)18)26-9(24)2-5-25-6-3-22-7-8(21)1-4-23;1-2-10(14)11(15)6-8(7-3-4-7)5-9(12(16)17)13(18)19/h7,22-23H,1-6,21H2;7-11,14-15H,2-6H2,1H3,(H,16,17)(H,18,19)/b8-7-;. The van der Waals surface area contributed by atoms with Crippen molar-refractivity contribution in [2.75, 3.05) is 26.4 Å². The smallest absolute Gasteiger partial charge is 0.317 e. The Hall–Kier alpha value is -3.54. The van der Waals surface area contributed by atoms with Gasteiger partial charge < -0.3 is 46.1 Å². The first kappa shape index (κ1) is 39.5. The van der Waals surface area contributed by atoms with Gasteiger partial charge in [-0.15, -0.1) is 0 Å². The lowest BCUT2D eigenvalue weighted by atomic mass is 9.85. The molecule has 1 saturated carbocycles. The number of carboxylic acids is 2.